The lowest BCUT2D eigenvalue weighted by Crippen LogP contribution is -2.09. The minimum atomic E-state index is -0.629. The monoisotopic (exact) mass is 432 g/mol. The van der Waals surface area contributed by atoms with E-state index in [1.807, 2.05) is 4.57 Å². The Morgan fingerprint density at radius 3 is 2.69 bits per heavy atom. The van der Waals surface area contributed by atoms with Crippen LogP contribution < -0.4 is 9.47 Å². The van der Waals surface area contributed by atoms with E-state index in [2.05, 4.69) is 16.3 Å². The van der Waals surface area contributed by atoms with Crippen molar-refractivity contribution in [2.24, 2.45) is 0 Å². The number of rotatable bonds is 5. The van der Waals surface area contributed by atoms with E-state index >= 15 is 0 Å². The average molecular weight is 432 g/mol. The van der Waals surface area contributed by atoms with Crippen molar-refractivity contribution in [3.8, 4) is 17.6 Å². The number of aryl methyl sites for hydroxylation is 1. The molecule has 2 heterocycles. The fourth-order valence-electron chi connectivity index (χ4n) is 3.60. The van der Waals surface area contributed by atoms with Gasteiger partial charge in [0.05, 0.1) is 18.2 Å². The Morgan fingerprint density at radius 2 is 1.94 bits per heavy atom. The summed E-state index contributed by atoms with van der Waals surface area (Å²) >= 11 is 0. The molecule has 7 nitrogen and oxygen atoms in total. The molecular weight excluding hydrogens is 411 g/mol. The molecule has 0 atom stereocenters. The van der Waals surface area contributed by atoms with Crippen LogP contribution in [0.25, 0.3) is 11.6 Å². The van der Waals surface area contributed by atoms with E-state index in [9.17, 15) is 14.4 Å². The average Bonchev–Trinajstić information content (AvgIpc) is 3.06. The number of allylic oxidation sites excluding steroid dienone is 1. The highest BCUT2D eigenvalue weighted by atomic mass is 19.1. The van der Waals surface area contributed by atoms with Crippen LogP contribution in [0.2, 0.25) is 0 Å². The van der Waals surface area contributed by atoms with Gasteiger partial charge in [0.1, 0.15) is 17.7 Å². The van der Waals surface area contributed by atoms with Crippen molar-refractivity contribution in [2.75, 3.05) is 7.11 Å². The van der Waals surface area contributed by atoms with Gasteiger partial charge < -0.3 is 14.0 Å². The summed E-state index contributed by atoms with van der Waals surface area (Å²) in [5, 5.41) is 18.2. The van der Waals surface area contributed by atoms with Crippen LogP contribution in [0.5, 0.6) is 11.5 Å². The van der Waals surface area contributed by atoms with E-state index in [1.54, 1.807) is 24.3 Å². The molecule has 0 N–H and O–H groups in total. The molecule has 1 aromatic heterocycles. The number of fused-ring (bicyclic) bond motifs is 1. The minimum Gasteiger partial charge on any atom is -0.493 e. The van der Waals surface area contributed by atoms with Gasteiger partial charge in [0.15, 0.2) is 17.3 Å². The zero-order chi connectivity index (χ0) is 22.5. The predicted molar refractivity (Wildman–Crippen MR) is 115 cm³/mol. The van der Waals surface area contributed by atoms with Crippen LogP contribution in [0.1, 0.15) is 46.8 Å². The first kappa shape index (κ1) is 21.2. The Bertz CT molecular complexity index is 1210. The number of halogens is 1. The fourth-order valence-corrected chi connectivity index (χ4v) is 3.60. The summed E-state index contributed by atoms with van der Waals surface area (Å²) < 4.78 is 25.9. The second-order valence-electron chi connectivity index (χ2n) is 7.38. The summed E-state index contributed by atoms with van der Waals surface area (Å²) in [6, 6.07) is 12.3. The maximum atomic E-state index is 13.1. The summed E-state index contributed by atoms with van der Waals surface area (Å²) in [4.78, 5) is 12.3. The number of benzene rings is 2. The largest absolute Gasteiger partial charge is 0.493 e. The quantitative estimate of drug-likeness (QED) is 0.336. The number of carbonyl (C=O) groups excluding carboxylic acids is 1. The van der Waals surface area contributed by atoms with E-state index in [-0.39, 0.29) is 11.3 Å². The first-order valence-electron chi connectivity index (χ1n) is 10.3. The summed E-state index contributed by atoms with van der Waals surface area (Å²) in [7, 11) is 1.46. The number of aromatic nitrogens is 3. The van der Waals surface area contributed by atoms with E-state index in [0.29, 0.717) is 22.7 Å². The van der Waals surface area contributed by atoms with E-state index in [1.165, 1.54) is 31.4 Å². The van der Waals surface area contributed by atoms with Crippen molar-refractivity contribution in [1.82, 2.24) is 14.8 Å². The Balaban J connectivity index is 1.60. The second-order valence-corrected chi connectivity index (χ2v) is 7.38. The van der Waals surface area contributed by atoms with Crippen LogP contribution in [0.4, 0.5) is 4.39 Å². The van der Waals surface area contributed by atoms with E-state index in [4.69, 9.17) is 9.47 Å². The fraction of sp³-hybridized carbons (Fsp3) is 0.250. The van der Waals surface area contributed by atoms with Crippen LogP contribution >= 0.6 is 0 Å². The molecule has 0 amide bonds. The Labute approximate surface area is 184 Å². The van der Waals surface area contributed by atoms with Crippen LogP contribution in [0.3, 0.4) is 0 Å². The highest BCUT2D eigenvalue weighted by Crippen LogP contribution is 2.31. The number of hydrogen-bond donors (Lipinski definition) is 0. The van der Waals surface area contributed by atoms with Crippen molar-refractivity contribution < 1.29 is 18.7 Å². The van der Waals surface area contributed by atoms with E-state index in [0.717, 1.165) is 38.1 Å². The summed E-state index contributed by atoms with van der Waals surface area (Å²) in [6.07, 6.45) is 5.78. The summed E-state index contributed by atoms with van der Waals surface area (Å²) in [6.45, 7) is 0.790. The third-order valence-corrected chi connectivity index (χ3v) is 5.25. The molecule has 1 aliphatic rings. The lowest BCUT2D eigenvalue weighted by molar-refractivity contribution is 0.0729. The van der Waals surface area contributed by atoms with Crippen LogP contribution in [-0.2, 0) is 13.0 Å². The predicted octanol–water partition coefficient (Wildman–Crippen LogP) is 4.44. The van der Waals surface area contributed by atoms with Gasteiger partial charge >= 0.3 is 5.97 Å². The molecule has 0 aliphatic carbocycles. The molecule has 0 saturated carbocycles. The van der Waals surface area contributed by atoms with Gasteiger partial charge in [-0.05, 0) is 60.9 Å². The molecule has 2 aromatic carbocycles. The lowest BCUT2D eigenvalue weighted by Gasteiger charge is -2.10. The molecule has 8 heteroatoms. The third-order valence-electron chi connectivity index (χ3n) is 5.25. The van der Waals surface area contributed by atoms with Crippen molar-refractivity contribution in [2.45, 2.75) is 32.2 Å². The van der Waals surface area contributed by atoms with Gasteiger partial charge in [-0.15, -0.1) is 10.2 Å². The normalized spacial score (nSPS) is 13.6. The van der Waals surface area contributed by atoms with Gasteiger partial charge in [0, 0.05) is 13.0 Å². The first-order chi connectivity index (χ1) is 15.6. The molecule has 4 rings (SSSR count). The standard InChI is InChI=1S/C24H21FN4O3/c1-31-21-14-16(6-11-20(21)32-24(30)17-7-9-19(25)10-8-17)13-18(15-26)23-28-27-22-5-3-2-4-12-29(22)23/h6-11,13-14H,2-5,12H2,1H3/b18-13+. The Hall–Kier alpha value is -3.99. The zero-order valence-electron chi connectivity index (χ0n) is 17.5. The Kier molecular flexibility index (Phi) is 6.26. The maximum absolute atomic E-state index is 13.1. The van der Waals surface area contributed by atoms with Gasteiger partial charge in [-0.25, -0.2) is 9.18 Å². The third kappa shape index (κ3) is 4.52. The summed E-state index contributed by atoms with van der Waals surface area (Å²) in [5.74, 6) is 0.929. The van der Waals surface area contributed by atoms with Gasteiger partial charge in [0.25, 0.3) is 0 Å². The van der Waals surface area contributed by atoms with E-state index < -0.39 is 11.8 Å². The number of carbonyl (C=O) groups is 1. The molecule has 1 aliphatic heterocycles. The highest BCUT2D eigenvalue weighted by Gasteiger charge is 2.18. The van der Waals surface area contributed by atoms with Crippen LogP contribution in [-0.4, -0.2) is 27.8 Å². The maximum Gasteiger partial charge on any atom is 0.343 e. The molecule has 0 unspecified atom stereocenters. The first-order valence-corrected chi connectivity index (χ1v) is 10.3. The smallest absolute Gasteiger partial charge is 0.343 e. The van der Waals surface area contributed by atoms with Gasteiger partial charge in [0.2, 0.25) is 0 Å². The van der Waals surface area contributed by atoms with Crippen LogP contribution in [0, 0.1) is 17.1 Å². The number of methoxy groups -OCH3 is 1. The Morgan fingerprint density at radius 1 is 1.12 bits per heavy atom. The van der Waals surface area contributed by atoms with Crippen molar-refractivity contribution in [3.63, 3.8) is 0 Å². The molecule has 0 spiro atoms. The molecule has 3 aromatic rings. The number of nitrogens with zero attached hydrogens (tertiary/aromatic N) is 4. The van der Waals surface area contributed by atoms with Gasteiger partial charge in [-0.1, -0.05) is 12.5 Å². The molecule has 0 fully saturated rings. The zero-order valence-corrected chi connectivity index (χ0v) is 17.5. The molecule has 162 valence electrons. The van der Waals surface area contributed by atoms with Crippen molar-refractivity contribution >= 4 is 17.6 Å². The highest BCUT2D eigenvalue weighted by molar-refractivity contribution is 5.91. The SMILES string of the molecule is COc1cc(/C=C(\C#N)c2nnc3n2CCCCC3)ccc1OC(=O)c1ccc(F)cc1. The minimum absolute atomic E-state index is 0.217. The second kappa shape index (κ2) is 9.43. The van der Waals surface area contributed by atoms with Crippen molar-refractivity contribution in [3.05, 3.63) is 71.1 Å². The number of hydrogen-bond acceptors (Lipinski definition) is 6. The number of esters is 1. The lowest BCUT2D eigenvalue weighted by atomic mass is 10.1. The topological polar surface area (TPSA) is 90.0 Å². The number of nitriles is 1. The molecule has 0 saturated heterocycles. The number of ether oxygens (including phenoxy) is 2. The summed E-state index contributed by atoms with van der Waals surface area (Å²) in [5.41, 5.74) is 1.30. The van der Waals surface area contributed by atoms with Gasteiger partial charge in [-0.2, -0.15) is 5.26 Å². The molecule has 32 heavy (non-hydrogen) atoms. The molecule has 0 bridgehead atoms. The van der Waals surface area contributed by atoms with Crippen molar-refractivity contribution in [1.29, 1.82) is 5.26 Å². The van der Waals surface area contributed by atoms with Crippen LogP contribution in [0.15, 0.2) is 42.5 Å². The molecule has 0 radical (unpaired) electrons. The van der Waals surface area contributed by atoms with Gasteiger partial charge in [-0.3, -0.25) is 0 Å². The molecular formula is C24H21FN4O3.